The highest BCUT2D eigenvalue weighted by Crippen LogP contribution is 2.03. The summed E-state index contributed by atoms with van der Waals surface area (Å²) in [6.45, 7) is 1.87. The molecular weight excluding hydrogens is 218 g/mol. The number of aliphatic hydroxyl groups excluding tert-OH is 1. The number of methoxy groups -OCH3 is 1. The van der Waals surface area contributed by atoms with Gasteiger partial charge in [0, 0.05) is 6.21 Å². The zero-order chi connectivity index (χ0) is 12.7. The molecule has 1 aromatic carbocycles. The van der Waals surface area contributed by atoms with Crippen LogP contribution in [0.15, 0.2) is 46.7 Å². The molecule has 0 spiro atoms. The molecule has 0 amide bonds. The van der Waals surface area contributed by atoms with E-state index in [0.29, 0.717) is 6.54 Å². The van der Waals surface area contributed by atoms with Gasteiger partial charge < -0.3 is 9.84 Å². The van der Waals surface area contributed by atoms with Crippen molar-refractivity contribution in [3.8, 4) is 0 Å². The van der Waals surface area contributed by atoms with Crippen molar-refractivity contribution in [1.29, 1.82) is 0 Å². The van der Waals surface area contributed by atoms with Gasteiger partial charge in [0.2, 0.25) is 0 Å². The van der Waals surface area contributed by atoms with Crippen LogP contribution < -0.4 is 0 Å². The smallest absolute Gasteiger partial charge is 0.342 e. The van der Waals surface area contributed by atoms with Gasteiger partial charge in [0.1, 0.15) is 11.3 Å². The first-order valence-electron chi connectivity index (χ1n) is 5.17. The lowest BCUT2D eigenvalue weighted by Crippen LogP contribution is -2.08. The molecule has 90 valence electrons. The lowest BCUT2D eigenvalue weighted by molar-refractivity contribution is -0.135. The maximum atomic E-state index is 11.3. The molecule has 0 aromatic heterocycles. The summed E-state index contributed by atoms with van der Waals surface area (Å²) in [6, 6.07) is 9.62. The number of allylic oxidation sites excluding steroid dienone is 1. The Balaban J connectivity index is 2.70. The molecule has 4 heteroatoms. The van der Waals surface area contributed by atoms with E-state index in [2.05, 4.69) is 9.73 Å². The fraction of sp³-hybridized carbons (Fsp3) is 0.231. The molecule has 1 rings (SSSR count). The van der Waals surface area contributed by atoms with Gasteiger partial charge in [0.25, 0.3) is 0 Å². The summed E-state index contributed by atoms with van der Waals surface area (Å²) < 4.78 is 4.53. The number of hydrogen-bond acceptors (Lipinski definition) is 4. The molecule has 0 fully saturated rings. The van der Waals surface area contributed by atoms with E-state index in [4.69, 9.17) is 0 Å². The van der Waals surface area contributed by atoms with Gasteiger partial charge in [-0.3, -0.25) is 4.99 Å². The molecule has 0 aliphatic carbocycles. The Kier molecular flexibility index (Phi) is 4.94. The Morgan fingerprint density at radius 2 is 2.06 bits per heavy atom. The predicted octanol–water partition coefficient (Wildman–Crippen LogP) is 2.26. The molecule has 0 aliphatic rings. The third-order valence-corrected chi connectivity index (χ3v) is 2.13. The van der Waals surface area contributed by atoms with Crippen molar-refractivity contribution in [2.75, 3.05) is 7.11 Å². The minimum Gasteiger partial charge on any atom is -0.512 e. The maximum absolute atomic E-state index is 11.3. The molecule has 0 aliphatic heterocycles. The number of esters is 1. The fourth-order valence-corrected chi connectivity index (χ4v) is 1.23. The van der Waals surface area contributed by atoms with Gasteiger partial charge in [-0.1, -0.05) is 30.3 Å². The van der Waals surface area contributed by atoms with Crippen LogP contribution in [0.1, 0.15) is 12.5 Å². The number of benzene rings is 1. The summed E-state index contributed by atoms with van der Waals surface area (Å²) in [4.78, 5) is 15.4. The van der Waals surface area contributed by atoms with E-state index in [1.54, 1.807) is 0 Å². The van der Waals surface area contributed by atoms with Crippen LogP contribution in [0.4, 0.5) is 0 Å². The fourth-order valence-electron chi connectivity index (χ4n) is 1.23. The number of carbonyl (C=O) groups excluding carboxylic acids is 1. The predicted molar refractivity (Wildman–Crippen MR) is 66.0 cm³/mol. The van der Waals surface area contributed by atoms with E-state index in [1.165, 1.54) is 20.2 Å². The van der Waals surface area contributed by atoms with Crippen molar-refractivity contribution in [2.45, 2.75) is 13.5 Å². The first kappa shape index (κ1) is 13.0. The van der Waals surface area contributed by atoms with Gasteiger partial charge in [-0.2, -0.15) is 0 Å². The topological polar surface area (TPSA) is 58.9 Å². The number of aliphatic hydroxyl groups is 1. The molecule has 17 heavy (non-hydrogen) atoms. The third kappa shape index (κ3) is 4.10. The van der Waals surface area contributed by atoms with Crippen LogP contribution in [-0.4, -0.2) is 24.4 Å². The Bertz CT molecular complexity index is 431. The van der Waals surface area contributed by atoms with Gasteiger partial charge in [0.15, 0.2) is 0 Å². The van der Waals surface area contributed by atoms with E-state index < -0.39 is 5.97 Å². The van der Waals surface area contributed by atoms with E-state index in [-0.39, 0.29) is 11.3 Å². The van der Waals surface area contributed by atoms with Crippen molar-refractivity contribution in [3.63, 3.8) is 0 Å². The number of rotatable bonds is 4. The molecule has 1 aromatic rings. The van der Waals surface area contributed by atoms with Crippen molar-refractivity contribution < 1.29 is 14.6 Å². The molecule has 1 N–H and O–H groups in total. The van der Waals surface area contributed by atoms with Crippen LogP contribution >= 0.6 is 0 Å². The third-order valence-electron chi connectivity index (χ3n) is 2.13. The number of aliphatic imine (C=N–C) groups is 1. The number of ether oxygens (including phenoxy) is 1. The monoisotopic (exact) mass is 233 g/mol. The average molecular weight is 233 g/mol. The van der Waals surface area contributed by atoms with E-state index in [0.717, 1.165) is 5.56 Å². The summed E-state index contributed by atoms with van der Waals surface area (Å²) in [5, 5.41) is 9.30. The lowest BCUT2D eigenvalue weighted by atomic mass is 10.2. The molecule has 4 nitrogen and oxygen atoms in total. The largest absolute Gasteiger partial charge is 0.512 e. The van der Waals surface area contributed by atoms with Crippen LogP contribution in [0.3, 0.4) is 0 Å². The summed E-state index contributed by atoms with van der Waals surface area (Å²) in [6.07, 6.45) is 1.33. The summed E-state index contributed by atoms with van der Waals surface area (Å²) >= 11 is 0. The van der Waals surface area contributed by atoms with E-state index in [9.17, 15) is 9.90 Å². The summed E-state index contributed by atoms with van der Waals surface area (Å²) in [5.74, 6) is -0.699. The summed E-state index contributed by atoms with van der Waals surface area (Å²) in [5.41, 5.74) is 1.10. The second-order valence-electron chi connectivity index (χ2n) is 3.45. The van der Waals surface area contributed by atoms with Crippen molar-refractivity contribution in [1.82, 2.24) is 0 Å². The Morgan fingerprint density at radius 1 is 1.41 bits per heavy atom. The summed E-state index contributed by atoms with van der Waals surface area (Å²) in [7, 11) is 1.26. The van der Waals surface area contributed by atoms with Crippen LogP contribution in [0.5, 0.6) is 0 Å². The van der Waals surface area contributed by atoms with Gasteiger partial charge in [-0.25, -0.2) is 4.79 Å². The van der Waals surface area contributed by atoms with Crippen LogP contribution in [0.2, 0.25) is 0 Å². The van der Waals surface area contributed by atoms with Gasteiger partial charge in [-0.05, 0) is 12.5 Å². The molecule has 0 saturated carbocycles. The molecule has 0 atom stereocenters. The highest BCUT2D eigenvalue weighted by atomic mass is 16.5. The molecule has 0 unspecified atom stereocenters. The van der Waals surface area contributed by atoms with Crippen LogP contribution in [0, 0.1) is 0 Å². The van der Waals surface area contributed by atoms with Gasteiger partial charge in [-0.15, -0.1) is 0 Å². The molecule has 0 heterocycles. The lowest BCUT2D eigenvalue weighted by Gasteiger charge is -2.00. The molecule has 0 radical (unpaired) electrons. The quantitative estimate of drug-likeness (QED) is 0.375. The highest BCUT2D eigenvalue weighted by Gasteiger charge is 2.10. The highest BCUT2D eigenvalue weighted by molar-refractivity contribution is 6.09. The Hall–Kier alpha value is -2.10. The standard InChI is InChI=1S/C13H15NO3/c1-10(15)12(13(16)17-2)9-14-8-11-6-4-3-5-7-11/h3-7,9,15H,8H2,1-2H3/b12-10-,14-9?. The number of carbonyl (C=O) groups is 1. The average Bonchev–Trinajstić information content (AvgIpc) is 2.34. The second-order valence-corrected chi connectivity index (χ2v) is 3.45. The molecule has 0 bridgehead atoms. The zero-order valence-corrected chi connectivity index (χ0v) is 9.88. The molecular formula is C13H15NO3. The van der Waals surface area contributed by atoms with Crippen LogP contribution in [-0.2, 0) is 16.1 Å². The Labute approximate surface area is 100 Å². The van der Waals surface area contributed by atoms with Crippen molar-refractivity contribution in [2.24, 2.45) is 4.99 Å². The number of hydrogen-bond donors (Lipinski definition) is 1. The normalized spacial score (nSPS) is 12.4. The number of nitrogens with zero attached hydrogens (tertiary/aromatic N) is 1. The van der Waals surface area contributed by atoms with E-state index in [1.807, 2.05) is 30.3 Å². The Morgan fingerprint density at radius 3 is 2.59 bits per heavy atom. The molecule has 0 saturated heterocycles. The SMILES string of the molecule is COC(=O)/C(C=NCc1ccccc1)=C(/C)O. The first-order chi connectivity index (χ1) is 8.15. The van der Waals surface area contributed by atoms with Crippen LogP contribution in [0.25, 0.3) is 0 Å². The van der Waals surface area contributed by atoms with Gasteiger partial charge >= 0.3 is 5.97 Å². The minimum atomic E-state index is -0.596. The first-order valence-corrected chi connectivity index (χ1v) is 5.17. The maximum Gasteiger partial charge on any atom is 0.342 e. The van der Waals surface area contributed by atoms with E-state index >= 15 is 0 Å². The zero-order valence-electron chi connectivity index (χ0n) is 9.88. The van der Waals surface area contributed by atoms with Gasteiger partial charge in [0.05, 0.1) is 13.7 Å². The minimum absolute atomic E-state index is 0.0726. The van der Waals surface area contributed by atoms with Crippen molar-refractivity contribution in [3.05, 3.63) is 47.2 Å². The second kappa shape index (κ2) is 6.48. The van der Waals surface area contributed by atoms with Crippen molar-refractivity contribution >= 4 is 12.2 Å².